The lowest BCUT2D eigenvalue weighted by atomic mass is 9.84. The summed E-state index contributed by atoms with van der Waals surface area (Å²) in [6.07, 6.45) is 0. The quantitative estimate of drug-likeness (QED) is 0.652. The zero-order valence-corrected chi connectivity index (χ0v) is 16.7. The van der Waals surface area contributed by atoms with Crippen LogP contribution in [0, 0.1) is 11.8 Å². The molecule has 0 saturated carbocycles. The Morgan fingerprint density at radius 1 is 1.10 bits per heavy atom. The average Bonchev–Trinajstić information content (AvgIpc) is 3.04. The van der Waals surface area contributed by atoms with Crippen LogP contribution in [0.5, 0.6) is 0 Å². The molecule has 3 aliphatic heterocycles. The maximum Gasteiger partial charge on any atom is 0.247 e. The Morgan fingerprint density at radius 2 is 1.79 bits per heavy atom. The number of likely N-dealkylation sites (tertiary alicyclic amines) is 1. The van der Waals surface area contributed by atoms with Crippen molar-refractivity contribution in [3.05, 3.63) is 30.3 Å². The fourth-order valence-corrected chi connectivity index (χ4v) is 4.64. The number of para-hydroxylation sites is 1. The van der Waals surface area contributed by atoms with Gasteiger partial charge in [0.1, 0.15) is 0 Å². The number of nitrogens with zero attached hydrogens (tertiary/aromatic N) is 4. The van der Waals surface area contributed by atoms with Crippen molar-refractivity contribution >= 4 is 23.4 Å². The molecule has 0 radical (unpaired) electrons. The first kappa shape index (κ1) is 19.8. The van der Waals surface area contributed by atoms with E-state index in [1.165, 1.54) is 0 Å². The van der Waals surface area contributed by atoms with E-state index in [-0.39, 0.29) is 42.1 Å². The minimum Gasteiger partial charge on any atom is -0.369 e. The largest absolute Gasteiger partial charge is 0.369 e. The van der Waals surface area contributed by atoms with Crippen molar-refractivity contribution in [2.45, 2.75) is 6.04 Å². The minimum absolute atomic E-state index is 0.0110. The zero-order valence-electron chi connectivity index (χ0n) is 16.7. The van der Waals surface area contributed by atoms with E-state index in [0.717, 1.165) is 5.69 Å². The summed E-state index contributed by atoms with van der Waals surface area (Å²) in [7, 11) is 1.96. The Labute approximate surface area is 170 Å². The van der Waals surface area contributed by atoms with Crippen LogP contribution in [0.2, 0.25) is 0 Å². The smallest absolute Gasteiger partial charge is 0.247 e. The van der Waals surface area contributed by atoms with Gasteiger partial charge in [0.15, 0.2) is 0 Å². The van der Waals surface area contributed by atoms with E-state index in [1.807, 2.05) is 47.2 Å². The molecule has 3 fully saturated rings. The summed E-state index contributed by atoms with van der Waals surface area (Å²) >= 11 is 0. The van der Waals surface area contributed by atoms with Crippen molar-refractivity contribution in [3.63, 3.8) is 0 Å². The van der Waals surface area contributed by atoms with Gasteiger partial charge in [-0.1, -0.05) is 18.2 Å². The van der Waals surface area contributed by atoms with Gasteiger partial charge in [0.25, 0.3) is 0 Å². The van der Waals surface area contributed by atoms with Crippen molar-refractivity contribution in [1.29, 1.82) is 0 Å². The number of carbonyl (C=O) groups is 3. The van der Waals surface area contributed by atoms with Crippen LogP contribution in [0.3, 0.4) is 0 Å². The second kappa shape index (κ2) is 8.10. The topological polar surface area (TPSA) is 102 Å². The van der Waals surface area contributed by atoms with Gasteiger partial charge in [0.05, 0.1) is 30.1 Å². The average molecular weight is 400 g/mol. The van der Waals surface area contributed by atoms with Gasteiger partial charge >= 0.3 is 0 Å². The van der Waals surface area contributed by atoms with Crippen LogP contribution in [0.15, 0.2) is 30.3 Å². The molecule has 1 aromatic carbocycles. The molecule has 0 aromatic heterocycles. The number of fused-ring (bicyclic) bond motifs is 1. The number of benzene rings is 1. The summed E-state index contributed by atoms with van der Waals surface area (Å²) in [4.78, 5) is 43.4. The monoisotopic (exact) mass is 400 g/mol. The van der Waals surface area contributed by atoms with E-state index in [1.54, 1.807) is 5.01 Å². The van der Waals surface area contributed by atoms with Crippen LogP contribution in [0.1, 0.15) is 0 Å². The van der Waals surface area contributed by atoms with Crippen LogP contribution in [-0.4, -0.2) is 91.3 Å². The van der Waals surface area contributed by atoms with Crippen LogP contribution < -0.4 is 16.2 Å². The van der Waals surface area contributed by atoms with Crippen LogP contribution in [0.25, 0.3) is 0 Å². The van der Waals surface area contributed by atoms with Crippen molar-refractivity contribution in [2.24, 2.45) is 17.6 Å². The normalized spacial score (nSPS) is 28.4. The molecule has 3 N–H and O–H groups in total. The lowest BCUT2D eigenvalue weighted by Crippen LogP contribution is -2.59. The molecule has 3 unspecified atom stereocenters. The molecular formula is C20H28N6O3. The number of hydrogen-bond acceptors (Lipinski definition) is 6. The first-order valence-electron chi connectivity index (χ1n) is 10.1. The third-order valence-corrected chi connectivity index (χ3v) is 6.09. The summed E-state index contributed by atoms with van der Waals surface area (Å²) in [5, 5.41) is 1.60. The molecular weight excluding hydrogens is 372 g/mol. The van der Waals surface area contributed by atoms with Crippen LogP contribution >= 0.6 is 0 Å². The number of amides is 3. The summed E-state index contributed by atoms with van der Waals surface area (Å²) in [6, 6.07) is 9.27. The highest BCUT2D eigenvalue weighted by atomic mass is 16.2. The standard InChI is InChI=1S/C20H28N6O3/c1-23-11-15(19(28)25-9-7-24(8-10-25)13-17(21)27)18-16(12-23)20(29)26(22-18)14-5-3-2-4-6-14/h2-6,15-16,18,22H,7-13H2,1H3,(H2,21,27). The predicted molar refractivity (Wildman–Crippen MR) is 108 cm³/mol. The van der Waals surface area contributed by atoms with E-state index in [0.29, 0.717) is 39.3 Å². The van der Waals surface area contributed by atoms with E-state index in [9.17, 15) is 14.4 Å². The van der Waals surface area contributed by atoms with Gasteiger partial charge in [-0.05, 0) is 19.2 Å². The number of primary amides is 1. The predicted octanol–water partition coefficient (Wildman–Crippen LogP) is -1.29. The Bertz CT molecular complexity index is 780. The van der Waals surface area contributed by atoms with Crippen molar-refractivity contribution in [1.82, 2.24) is 20.1 Å². The number of hydrazine groups is 1. The Morgan fingerprint density at radius 3 is 2.45 bits per heavy atom. The molecule has 29 heavy (non-hydrogen) atoms. The SMILES string of the molecule is CN1CC(C(=O)N2CCN(CC(N)=O)CC2)C2NN(c3ccccc3)C(=O)C2C1. The molecule has 3 heterocycles. The molecule has 0 aliphatic carbocycles. The Balaban J connectivity index is 1.47. The van der Waals surface area contributed by atoms with Gasteiger partial charge in [-0.15, -0.1) is 0 Å². The fourth-order valence-electron chi connectivity index (χ4n) is 4.64. The molecule has 3 amide bonds. The highest BCUT2D eigenvalue weighted by molar-refractivity contribution is 5.98. The van der Waals surface area contributed by atoms with Gasteiger partial charge in [-0.2, -0.15) is 0 Å². The van der Waals surface area contributed by atoms with Gasteiger partial charge in [0, 0.05) is 39.3 Å². The maximum atomic E-state index is 13.3. The van der Waals surface area contributed by atoms with Crippen molar-refractivity contribution < 1.29 is 14.4 Å². The first-order chi connectivity index (χ1) is 13.9. The van der Waals surface area contributed by atoms with E-state index < -0.39 is 0 Å². The maximum absolute atomic E-state index is 13.3. The molecule has 156 valence electrons. The highest BCUT2D eigenvalue weighted by Crippen LogP contribution is 2.32. The minimum atomic E-state index is -0.351. The molecule has 9 heteroatoms. The van der Waals surface area contributed by atoms with E-state index in [4.69, 9.17) is 5.73 Å². The molecule has 3 atom stereocenters. The fraction of sp³-hybridized carbons (Fsp3) is 0.550. The van der Waals surface area contributed by atoms with E-state index in [2.05, 4.69) is 10.3 Å². The molecule has 9 nitrogen and oxygen atoms in total. The van der Waals surface area contributed by atoms with Gasteiger partial charge in [0.2, 0.25) is 17.7 Å². The lowest BCUT2D eigenvalue weighted by Gasteiger charge is -2.41. The molecule has 0 spiro atoms. The first-order valence-corrected chi connectivity index (χ1v) is 10.1. The lowest BCUT2D eigenvalue weighted by molar-refractivity contribution is -0.141. The number of nitrogens with two attached hydrogens (primary N) is 1. The second-order valence-corrected chi connectivity index (χ2v) is 8.17. The molecule has 4 rings (SSSR count). The van der Waals surface area contributed by atoms with Gasteiger partial charge < -0.3 is 15.5 Å². The molecule has 1 aromatic rings. The Hall–Kier alpha value is -2.49. The summed E-state index contributed by atoms with van der Waals surface area (Å²) < 4.78 is 0. The number of carbonyl (C=O) groups excluding carboxylic acids is 3. The summed E-state index contributed by atoms with van der Waals surface area (Å²) in [5.41, 5.74) is 9.39. The van der Waals surface area contributed by atoms with E-state index >= 15 is 0 Å². The molecule has 3 aliphatic rings. The van der Waals surface area contributed by atoms with Gasteiger partial charge in [-0.3, -0.25) is 19.3 Å². The second-order valence-electron chi connectivity index (χ2n) is 8.17. The molecule has 3 saturated heterocycles. The van der Waals surface area contributed by atoms with Gasteiger partial charge in [-0.25, -0.2) is 10.4 Å². The van der Waals surface area contributed by atoms with Crippen molar-refractivity contribution in [2.75, 3.05) is 57.9 Å². The summed E-state index contributed by atoms with van der Waals surface area (Å²) in [6.45, 7) is 3.88. The van der Waals surface area contributed by atoms with Crippen LogP contribution in [0.4, 0.5) is 5.69 Å². The zero-order chi connectivity index (χ0) is 20.5. The third-order valence-electron chi connectivity index (χ3n) is 6.09. The molecule has 0 bridgehead atoms. The third kappa shape index (κ3) is 3.98. The van der Waals surface area contributed by atoms with Crippen LogP contribution in [-0.2, 0) is 14.4 Å². The number of piperidine rings is 1. The number of nitrogens with one attached hydrogen (secondary N) is 1. The number of anilines is 1. The number of hydrogen-bond donors (Lipinski definition) is 2. The highest BCUT2D eigenvalue weighted by Gasteiger charge is 2.51. The number of rotatable bonds is 4. The van der Waals surface area contributed by atoms with Crippen molar-refractivity contribution in [3.8, 4) is 0 Å². The summed E-state index contributed by atoms with van der Waals surface area (Å²) in [5.74, 6) is -0.813. The Kier molecular flexibility index (Phi) is 5.53. The number of piperazine rings is 1.